The Bertz CT molecular complexity index is 1030. The van der Waals surface area contributed by atoms with E-state index in [1.807, 2.05) is 65.6 Å². The van der Waals surface area contributed by atoms with E-state index in [9.17, 15) is 14.9 Å². The molecule has 7 nitrogen and oxygen atoms in total. The summed E-state index contributed by atoms with van der Waals surface area (Å²) in [6.07, 6.45) is 0.398. The summed E-state index contributed by atoms with van der Waals surface area (Å²) in [5.74, 6) is 0.803. The zero-order valence-corrected chi connectivity index (χ0v) is 16.5. The number of nitro groups is 1. The van der Waals surface area contributed by atoms with E-state index in [1.54, 1.807) is 6.07 Å². The highest BCUT2D eigenvalue weighted by Gasteiger charge is 2.24. The van der Waals surface area contributed by atoms with E-state index in [4.69, 9.17) is 0 Å². The van der Waals surface area contributed by atoms with Gasteiger partial charge < -0.3 is 9.80 Å². The molecule has 0 aliphatic carbocycles. The number of rotatable bonds is 5. The molecule has 0 bridgehead atoms. The summed E-state index contributed by atoms with van der Waals surface area (Å²) in [5, 5.41) is 11.5. The van der Waals surface area contributed by atoms with Crippen LogP contribution in [0.5, 0.6) is 0 Å². The van der Waals surface area contributed by atoms with Gasteiger partial charge in [-0.1, -0.05) is 60.7 Å². The minimum atomic E-state index is -0.403. The zero-order valence-electron chi connectivity index (χ0n) is 16.5. The van der Waals surface area contributed by atoms with E-state index >= 15 is 0 Å². The van der Waals surface area contributed by atoms with Gasteiger partial charge in [0, 0.05) is 37.8 Å². The van der Waals surface area contributed by atoms with Crippen molar-refractivity contribution in [1.29, 1.82) is 0 Å². The van der Waals surface area contributed by atoms with Crippen molar-refractivity contribution in [3.05, 3.63) is 88.5 Å². The van der Waals surface area contributed by atoms with E-state index < -0.39 is 4.92 Å². The third-order valence-electron chi connectivity index (χ3n) is 5.26. The fourth-order valence-electron chi connectivity index (χ4n) is 3.64. The Labute approximate surface area is 174 Å². The summed E-state index contributed by atoms with van der Waals surface area (Å²) in [4.78, 5) is 32.2. The SMILES string of the molecule is O=C(Cc1ccccc1)N1CCN(c2ccc([N+](=O)[O-])c(-c3ccccc3)n2)CC1. The Balaban J connectivity index is 1.47. The minimum absolute atomic E-state index is 0.0124. The number of pyridine rings is 1. The predicted octanol–water partition coefficient (Wildman–Crippen LogP) is 3.55. The first-order chi connectivity index (χ1) is 14.6. The maximum Gasteiger partial charge on any atom is 0.295 e. The monoisotopic (exact) mass is 402 g/mol. The standard InChI is InChI=1S/C23H22N4O3/c28-22(17-18-7-3-1-4-8-18)26-15-13-25(14-16-26)21-12-11-20(27(29)30)23(24-21)19-9-5-2-6-10-19/h1-12H,13-17H2. The van der Waals surface area contributed by atoms with Crippen LogP contribution in [0.2, 0.25) is 0 Å². The van der Waals surface area contributed by atoms with Crippen molar-refractivity contribution in [3.8, 4) is 11.3 Å². The highest BCUT2D eigenvalue weighted by Crippen LogP contribution is 2.30. The second-order valence-corrected chi connectivity index (χ2v) is 7.19. The number of anilines is 1. The molecule has 1 aliphatic rings. The lowest BCUT2D eigenvalue weighted by Gasteiger charge is -2.35. The normalized spacial score (nSPS) is 13.9. The first kappa shape index (κ1) is 19.6. The number of aromatic nitrogens is 1. The van der Waals surface area contributed by atoms with Crippen LogP contribution in [0.1, 0.15) is 5.56 Å². The van der Waals surface area contributed by atoms with Gasteiger partial charge >= 0.3 is 0 Å². The Morgan fingerprint density at radius 1 is 0.900 bits per heavy atom. The molecule has 0 saturated carbocycles. The Morgan fingerprint density at radius 2 is 1.53 bits per heavy atom. The number of hydrogen-bond donors (Lipinski definition) is 0. The number of piperazine rings is 1. The van der Waals surface area contributed by atoms with Crippen LogP contribution < -0.4 is 4.90 Å². The second kappa shape index (κ2) is 8.73. The Kier molecular flexibility index (Phi) is 5.70. The molecule has 4 rings (SSSR count). The number of benzene rings is 2. The van der Waals surface area contributed by atoms with Crippen LogP contribution in [-0.2, 0) is 11.2 Å². The van der Waals surface area contributed by atoms with Crippen LogP contribution in [0.3, 0.4) is 0 Å². The van der Waals surface area contributed by atoms with Crippen molar-refractivity contribution in [3.63, 3.8) is 0 Å². The van der Waals surface area contributed by atoms with Gasteiger partial charge in [-0.25, -0.2) is 4.98 Å². The van der Waals surface area contributed by atoms with Crippen molar-refractivity contribution in [2.75, 3.05) is 31.1 Å². The lowest BCUT2D eigenvalue weighted by atomic mass is 10.1. The fourth-order valence-corrected chi connectivity index (χ4v) is 3.64. The second-order valence-electron chi connectivity index (χ2n) is 7.19. The largest absolute Gasteiger partial charge is 0.353 e. The maximum atomic E-state index is 12.6. The molecule has 0 unspecified atom stereocenters. The van der Waals surface area contributed by atoms with E-state index in [0.717, 1.165) is 5.56 Å². The van der Waals surface area contributed by atoms with E-state index in [1.165, 1.54) is 6.07 Å². The third-order valence-corrected chi connectivity index (χ3v) is 5.26. The molecule has 1 amide bonds. The number of carbonyl (C=O) groups excluding carboxylic acids is 1. The third kappa shape index (κ3) is 4.30. The molecule has 152 valence electrons. The van der Waals surface area contributed by atoms with E-state index in [-0.39, 0.29) is 11.6 Å². The summed E-state index contributed by atoms with van der Waals surface area (Å²) in [6, 6.07) is 22.1. The van der Waals surface area contributed by atoms with Crippen molar-refractivity contribution in [2.24, 2.45) is 0 Å². The van der Waals surface area contributed by atoms with Gasteiger partial charge in [0.1, 0.15) is 5.82 Å². The summed E-state index contributed by atoms with van der Waals surface area (Å²) in [6.45, 7) is 2.48. The molecule has 30 heavy (non-hydrogen) atoms. The van der Waals surface area contributed by atoms with Gasteiger partial charge in [0.2, 0.25) is 5.91 Å². The van der Waals surface area contributed by atoms with Crippen LogP contribution in [0, 0.1) is 10.1 Å². The van der Waals surface area contributed by atoms with Gasteiger partial charge in [-0.05, 0) is 11.6 Å². The van der Waals surface area contributed by atoms with Crippen LogP contribution >= 0.6 is 0 Å². The average Bonchev–Trinajstić information content (AvgIpc) is 2.80. The molecule has 1 saturated heterocycles. The number of carbonyl (C=O) groups is 1. The summed E-state index contributed by atoms with van der Waals surface area (Å²) in [7, 11) is 0. The predicted molar refractivity (Wildman–Crippen MR) is 115 cm³/mol. The molecule has 1 aliphatic heterocycles. The zero-order chi connectivity index (χ0) is 20.9. The first-order valence-electron chi connectivity index (χ1n) is 9.89. The lowest BCUT2D eigenvalue weighted by Crippen LogP contribution is -2.49. The highest BCUT2D eigenvalue weighted by atomic mass is 16.6. The van der Waals surface area contributed by atoms with Crippen molar-refractivity contribution in [1.82, 2.24) is 9.88 Å². The molecule has 3 aromatic rings. The molecule has 2 heterocycles. The maximum absolute atomic E-state index is 12.6. The minimum Gasteiger partial charge on any atom is -0.353 e. The molecule has 0 N–H and O–H groups in total. The first-order valence-corrected chi connectivity index (χ1v) is 9.89. The average molecular weight is 402 g/mol. The van der Waals surface area contributed by atoms with E-state index in [0.29, 0.717) is 49.7 Å². The topological polar surface area (TPSA) is 79.6 Å². The van der Waals surface area contributed by atoms with Gasteiger partial charge in [-0.15, -0.1) is 0 Å². The molecule has 2 aromatic carbocycles. The number of nitrogens with zero attached hydrogens (tertiary/aromatic N) is 4. The highest BCUT2D eigenvalue weighted by molar-refractivity contribution is 5.79. The van der Waals surface area contributed by atoms with Gasteiger partial charge in [0.05, 0.1) is 11.3 Å². The van der Waals surface area contributed by atoms with Gasteiger partial charge in [0.15, 0.2) is 5.69 Å². The fraction of sp³-hybridized carbons (Fsp3) is 0.217. The molecule has 1 aromatic heterocycles. The van der Waals surface area contributed by atoms with Crippen molar-refractivity contribution in [2.45, 2.75) is 6.42 Å². The van der Waals surface area contributed by atoms with Crippen LogP contribution in [0.4, 0.5) is 11.5 Å². The van der Waals surface area contributed by atoms with Crippen molar-refractivity contribution < 1.29 is 9.72 Å². The van der Waals surface area contributed by atoms with Crippen molar-refractivity contribution >= 4 is 17.4 Å². The van der Waals surface area contributed by atoms with Gasteiger partial charge in [0.25, 0.3) is 5.69 Å². The van der Waals surface area contributed by atoms with Crippen LogP contribution in [-0.4, -0.2) is 46.9 Å². The Hall–Kier alpha value is -3.74. The van der Waals surface area contributed by atoms with E-state index in [2.05, 4.69) is 9.88 Å². The summed E-state index contributed by atoms with van der Waals surface area (Å²) >= 11 is 0. The molecular formula is C23H22N4O3. The quantitative estimate of drug-likeness (QED) is 0.482. The molecule has 7 heteroatoms. The summed E-state index contributed by atoms with van der Waals surface area (Å²) in [5.41, 5.74) is 2.07. The Morgan fingerprint density at radius 3 is 2.17 bits per heavy atom. The van der Waals surface area contributed by atoms with Crippen LogP contribution in [0.25, 0.3) is 11.3 Å². The molecule has 0 radical (unpaired) electrons. The number of hydrogen-bond acceptors (Lipinski definition) is 5. The molecule has 0 spiro atoms. The molecule has 0 atom stereocenters. The number of amides is 1. The van der Waals surface area contributed by atoms with Gasteiger partial charge in [-0.3, -0.25) is 14.9 Å². The van der Waals surface area contributed by atoms with Crippen LogP contribution in [0.15, 0.2) is 72.8 Å². The summed E-state index contributed by atoms with van der Waals surface area (Å²) < 4.78 is 0. The van der Waals surface area contributed by atoms with Gasteiger partial charge in [-0.2, -0.15) is 0 Å². The lowest BCUT2D eigenvalue weighted by molar-refractivity contribution is -0.384. The molecular weight excluding hydrogens is 380 g/mol. The molecule has 1 fully saturated rings. The smallest absolute Gasteiger partial charge is 0.295 e.